The highest BCUT2D eigenvalue weighted by atomic mass is 35.5. The van der Waals surface area contributed by atoms with E-state index >= 15 is 0 Å². The lowest BCUT2D eigenvalue weighted by Gasteiger charge is -2.26. The number of carbonyl (C=O) groups is 1. The van der Waals surface area contributed by atoms with Gasteiger partial charge in [-0.25, -0.2) is 18.2 Å². The summed E-state index contributed by atoms with van der Waals surface area (Å²) in [6.07, 6.45) is -0.494. The Morgan fingerprint density at radius 3 is 2.46 bits per heavy atom. The Hall–Kier alpha value is -2.24. The number of carbonyl (C=O) groups excluding carboxylic acids is 1. The third-order valence-electron chi connectivity index (χ3n) is 5.66. The lowest BCUT2D eigenvalue weighted by Crippen LogP contribution is -2.36. The molecule has 2 aromatic rings. The molecule has 190 valence electrons. The minimum absolute atomic E-state index is 0.0809. The van der Waals surface area contributed by atoms with E-state index in [9.17, 15) is 26.4 Å². The number of alkyl halides is 3. The van der Waals surface area contributed by atoms with Gasteiger partial charge >= 0.3 is 12.2 Å². The number of thioether (sulfide) groups is 1. The number of halogens is 4. The van der Waals surface area contributed by atoms with Gasteiger partial charge in [0.1, 0.15) is 0 Å². The Morgan fingerprint density at radius 1 is 1.23 bits per heavy atom. The smallest absolute Gasteiger partial charge is 0.306 e. The number of anilines is 1. The molecule has 12 heteroatoms. The molecule has 6 nitrogen and oxygen atoms in total. The van der Waals surface area contributed by atoms with Crippen LogP contribution in [0.1, 0.15) is 30.9 Å². The summed E-state index contributed by atoms with van der Waals surface area (Å²) in [6, 6.07) is 8.92. The Bertz CT molecular complexity index is 1230. The molecule has 1 heterocycles. The van der Waals surface area contributed by atoms with Crippen LogP contribution >= 0.6 is 23.4 Å². The van der Waals surface area contributed by atoms with Crippen molar-refractivity contribution in [3.8, 4) is 0 Å². The van der Waals surface area contributed by atoms with Crippen LogP contribution < -0.4 is 5.32 Å². The van der Waals surface area contributed by atoms with Crippen LogP contribution in [0.25, 0.3) is 0 Å². The maximum atomic E-state index is 13.3. The molecule has 0 saturated carbocycles. The number of nitrogens with one attached hydrogen (secondary N) is 1. The quantitative estimate of drug-likeness (QED) is 0.421. The highest BCUT2D eigenvalue weighted by Gasteiger charge is 2.41. The summed E-state index contributed by atoms with van der Waals surface area (Å²) in [6.45, 7) is 2.26. The number of benzene rings is 2. The van der Waals surface area contributed by atoms with Crippen LogP contribution in [0.4, 0.5) is 23.7 Å². The maximum Gasteiger partial charge on any atom is 0.417 e. The van der Waals surface area contributed by atoms with Gasteiger partial charge in [0.15, 0.2) is 9.84 Å². The summed E-state index contributed by atoms with van der Waals surface area (Å²) in [4.78, 5) is 12.1. The lowest BCUT2D eigenvalue weighted by molar-refractivity contribution is -0.139. The standard InChI is InChI=1S/C23H25ClF3N3O3S2/c1-22(11-4-12-34-2)14-30(29-20(22)15-5-7-16(24)8-6-15)21(31)28-17-9-10-18(23(25,26)27)19(13-17)35(3,32)33/h5-10,13H,4,11-12,14H2,1-3H3,(H,28,31). The summed E-state index contributed by atoms with van der Waals surface area (Å²) in [7, 11) is -4.20. The van der Waals surface area contributed by atoms with Gasteiger partial charge in [0.05, 0.1) is 22.7 Å². The predicted octanol–water partition coefficient (Wildman–Crippen LogP) is 6.16. The van der Waals surface area contributed by atoms with Crippen molar-refractivity contribution in [3.05, 3.63) is 58.6 Å². The van der Waals surface area contributed by atoms with Gasteiger partial charge in [-0.3, -0.25) is 0 Å². The Balaban J connectivity index is 1.90. The number of nitrogens with zero attached hydrogens (tertiary/aromatic N) is 2. The number of urea groups is 1. The third-order valence-corrected chi connectivity index (χ3v) is 7.74. The van der Waals surface area contributed by atoms with E-state index in [1.54, 1.807) is 23.9 Å². The van der Waals surface area contributed by atoms with Crippen LogP contribution in [-0.4, -0.2) is 50.0 Å². The summed E-state index contributed by atoms with van der Waals surface area (Å²) >= 11 is 7.73. The van der Waals surface area contributed by atoms with E-state index in [1.165, 1.54) is 5.01 Å². The number of amides is 2. The average Bonchev–Trinajstić information content (AvgIpc) is 3.11. The monoisotopic (exact) mass is 547 g/mol. The molecule has 0 fully saturated rings. The fourth-order valence-corrected chi connectivity index (χ4v) is 5.43. The van der Waals surface area contributed by atoms with Crippen LogP contribution in [0.3, 0.4) is 0 Å². The minimum atomic E-state index is -4.85. The van der Waals surface area contributed by atoms with Crippen molar-refractivity contribution in [3.63, 3.8) is 0 Å². The van der Waals surface area contributed by atoms with E-state index in [0.717, 1.165) is 36.3 Å². The Labute approximate surface area is 211 Å². The van der Waals surface area contributed by atoms with Crippen molar-refractivity contribution >= 4 is 50.6 Å². The van der Waals surface area contributed by atoms with Crippen molar-refractivity contribution in [1.82, 2.24) is 5.01 Å². The molecular formula is C23H25ClF3N3O3S2. The molecule has 0 aromatic heterocycles. The molecule has 0 radical (unpaired) electrons. The molecule has 1 aliphatic rings. The van der Waals surface area contributed by atoms with E-state index in [4.69, 9.17) is 11.6 Å². The van der Waals surface area contributed by atoms with Crippen LogP contribution in [0.2, 0.25) is 5.02 Å². The normalized spacial score (nSPS) is 18.5. The number of rotatable bonds is 7. The third kappa shape index (κ3) is 6.50. The second-order valence-corrected chi connectivity index (χ2v) is 12.0. The van der Waals surface area contributed by atoms with E-state index in [0.29, 0.717) is 23.1 Å². The van der Waals surface area contributed by atoms with Gasteiger partial charge < -0.3 is 5.32 Å². The Kier molecular flexibility index (Phi) is 8.12. The summed E-state index contributed by atoms with van der Waals surface area (Å²) in [5, 5.41) is 8.81. The highest BCUT2D eigenvalue weighted by molar-refractivity contribution is 7.98. The van der Waals surface area contributed by atoms with Crippen LogP contribution in [0.5, 0.6) is 0 Å². The summed E-state index contributed by atoms with van der Waals surface area (Å²) < 4.78 is 63.8. The maximum absolute atomic E-state index is 13.3. The number of hydrogen-bond acceptors (Lipinski definition) is 5. The number of hydrazone groups is 1. The molecule has 35 heavy (non-hydrogen) atoms. The van der Waals surface area contributed by atoms with Crippen LogP contribution in [0.15, 0.2) is 52.5 Å². The van der Waals surface area contributed by atoms with Gasteiger partial charge in [-0.1, -0.05) is 30.7 Å². The second kappa shape index (κ2) is 10.4. The molecule has 1 aliphatic heterocycles. The van der Waals surface area contributed by atoms with E-state index in [-0.39, 0.29) is 12.2 Å². The van der Waals surface area contributed by atoms with Gasteiger partial charge in [0, 0.05) is 22.4 Å². The molecular weight excluding hydrogens is 523 g/mol. The van der Waals surface area contributed by atoms with Crippen molar-refractivity contribution in [2.75, 3.05) is 30.1 Å². The lowest BCUT2D eigenvalue weighted by atomic mass is 9.78. The second-order valence-electron chi connectivity index (χ2n) is 8.58. The summed E-state index contributed by atoms with van der Waals surface area (Å²) in [5.41, 5.74) is -0.315. The first-order chi connectivity index (χ1) is 16.2. The molecule has 0 spiro atoms. The van der Waals surface area contributed by atoms with Gasteiger partial charge in [0.2, 0.25) is 0 Å². The zero-order valence-electron chi connectivity index (χ0n) is 19.3. The van der Waals surface area contributed by atoms with Gasteiger partial charge in [-0.05, 0) is 60.7 Å². The molecule has 2 aromatic carbocycles. The van der Waals surface area contributed by atoms with Gasteiger partial charge in [0.25, 0.3) is 0 Å². The molecule has 3 rings (SSSR count). The average molecular weight is 548 g/mol. The van der Waals surface area contributed by atoms with E-state index < -0.39 is 37.9 Å². The van der Waals surface area contributed by atoms with Crippen molar-refractivity contribution in [2.24, 2.45) is 10.5 Å². The topological polar surface area (TPSA) is 78.8 Å². The molecule has 2 amide bonds. The van der Waals surface area contributed by atoms with Gasteiger partial charge in [-0.15, -0.1) is 0 Å². The van der Waals surface area contributed by atoms with Crippen molar-refractivity contribution < 1.29 is 26.4 Å². The largest absolute Gasteiger partial charge is 0.417 e. The minimum Gasteiger partial charge on any atom is -0.306 e. The van der Waals surface area contributed by atoms with Crippen molar-refractivity contribution in [1.29, 1.82) is 0 Å². The Morgan fingerprint density at radius 2 is 1.89 bits per heavy atom. The fourth-order valence-electron chi connectivity index (χ4n) is 3.95. The summed E-state index contributed by atoms with van der Waals surface area (Å²) in [5.74, 6) is 0.940. The number of hydrogen-bond donors (Lipinski definition) is 1. The predicted molar refractivity (Wildman–Crippen MR) is 134 cm³/mol. The van der Waals surface area contributed by atoms with Crippen molar-refractivity contribution in [2.45, 2.75) is 30.8 Å². The van der Waals surface area contributed by atoms with Gasteiger partial charge in [-0.2, -0.15) is 30.0 Å². The van der Waals surface area contributed by atoms with Crippen LogP contribution in [-0.2, 0) is 16.0 Å². The zero-order valence-corrected chi connectivity index (χ0v) is 21.7. The molecule has 1 N–H and O–H groups in total. The molecule has 1 atom stereocenters. The molecule has 1 unspecified atom stereocenters. The first-order valence-corrected chi connectivity index (χ1v) is 14.2. The van der Waals surface area contributed by atoms with E-state index in [2.05, 4.69) is 10.4 Å². The highest BCUT2D eigenvalue weighted by Crippen LogP contribution is 2.38. The van der Waals surface area contributed by atoms with E-state index in [1.807, 2.05) is 25.3 Å². The molecule has 0 aliphatic carbocycles. The first kappa shape index (κ1) is 27.3. The zero-order chi connectivity index (χ0) is 26.0. The SMILES string of the molecule is CSCCCC1(C)CN(C(=O)Nc2ccc(C(F)(F)F)c(S(C)(=O)=O)c2)N=C1c1ccc(Cl)cc1. The first-order valence-electron chi connectivity index (χ1n) is 10.6. The number of sulfone groups is 1. The fraction of sp³-hybridized carbons (Fsp3) is 0.391. The molecule has 0 bridgehead atoms. The van der Waals surface area contributed by atoms with Crippen LogP contribution in [0, 0.1) is 5.41 Å². The molecule has 0 saturated heterocycles.